The van der Waals surface area contributed by atoms with Crippen molar-refractivity contribution in [2.45, 2.75) is 19.3 Å². The van der Waals surface area contributed by atoms with Crippen molar-refractivity contribution >= 4 is 28.8 Å². The van der Waals surface area contributed by atoms with Crippen LogP contribution in [0.15, 0.2) is 41.8 Å². The Morgan fingerprint density at radius 1 is 1.18 bits per heavy atom. The van der Waals surface area contributed by atoms with Crippen molar-refractivity contribution < 1.29 is 9.59 Å². The van der Waals surface area contributed by atoms with E-state index in [0.29, 0.717) is 17.8 Å². The molecule has 1 aliphatic rings. The molecule has 1 saturated carbocycles. The number of amides is 2. The Morgan fingerprint density at radius 2 is 2.05 bits per heavy atom. The van der Waals surface area contributed by atoms with Crippen LogP contribution in [0.2, 0.25) is 0 Å². The van der Waals surface area contributed by atoms with Crippen molar-refractivity contribution in [3.8, 4) is 0 Å². The van der Waals surface area contributed by atoms with Gasteiger partial charge in [-0.1, -0.05) is 12.1 Å². The highest BCUT2D eigenvalue weighted by molar-refractivity contribution is 7.09. The van der Waals surface area contributed by atoms with Gasteiger partial charge in [0.15, 0.2) is 0 Å². The van der Waals surface area contributed by atoms with Gasteiger partial charge >= 0.3 is 0 Å². The minimum atomic E-state index is -0.112. The van der Waals surface area contributed by atoms with Crippen LogP contribution in [0.4, 0.5) is 5.69 Å². The lowest BCUT2D eigenvalue weighted by Crippen LogP contribution is -2.25. The number of hydrogen-bond acceptors (Lipinski definition) is 3. The number of benzene rings is 1. The molecule has 114 valence electrons. The second-order valence-corrected chi connectivity index (χ2v) is 6.46. The lowest BCUT2D eigenvalue weighted by Gasteiger charge is -2.08. The molecular formula is C17H18N2O2S. The van der Waals surface area contributed by atoms with E-state index in [1.54, 1.807) is 29.5 Å². The van der Waals surface area contributed by atoms with Crippen LogP contribution in [0.3, 0.4) is 0 Å². The number of carbonyl (C=O) groups is 2. The summed E-state index contributed by atoms with van der Waals surface area (Å²) < 4.78 is 0. The largest absolute Gasteiger partial charge is 0.352 e. The van der Waals surface area contributed by atoms with Crippen LogP contribution in [0, 0.1) is 5.92 Å². The van der Waals surface area contributed by atoms with Crippen molar-refractivity contribution in [1.82, 2.24) is 5.32 Å². The summed E-state index contributed by atoms with van der Waals surface area (Å²) in [7, 11) is 0. The summed E-state index contributed by atoms with van der Waals surface area (Å²) in [5, 5.41) is 7.80. The molecule has 22 heavy (non-hydrogen) atoms. The van der Waals surface area contributed by atoms with E-state index in [1.165, 1.54) is 4.88 Å². The Bertz CT molecular complexity index is 663. The highest BCUT2D eigenvalue weighted by Crippen LogP contribution is 2.30. The van der Waals surface area contributed by atoms with Crippen molar-refractivity contribution in [1.29, 1.82) is 0 Å². The Balaban J connectivity index is 1.53. The van der Waals surface area contributed by atoms with E-state index in [2.05, 4.69) is 16.7 Å². The highest BCUT2D eigenvalue weighted by atomic mass is 32.1. The molecule has 0 aliphatic heterocycles. The van der Waals surface area contributed by atoms with Gasteiger partial charge in [-0.15, -0.1) is 11.3 Å². The quantitative estimate of drug-likeness (QED) is 0.861. The second-order valence-electron chi connectivity index (χ2n) is 5.43. The minimum absolute atomic E-state index is 0.0512. The van der Waals surface area contributed by atoms with Gasteiger partial charge in [0.2, 0.25) is 5.91 Å². The van der Waals surface area contributed by atoms with E-state index in [1.807, 2.05) is 17.5 Å². The molecule has 2 aromatic rings. The zero-order valence-electron chi connectivity index (χ0n) is 12.2. The topological polar surface area (TPSA) is 58.2 Å². The first-order valence-electron chi connectivity index (χ1n) is 7.44. The summed E-state index contributed by atoms with van der Waals surface area (Å²) in [4.78, 5) is 25.1. The van der Waals surface area contributed by atoms with Crippen LogP contribution >= 0.6 is 11.3 Å². The van der Waals surface area contributed by atoms with Crippen molar-refractivity contribution in [2.24, 2.45) is 5.92 Å². The molecule has 0 bridgehead atoms. The number of anilines is 1. The molecule has 0 spiro atoms. The van der Waals surface area contributed by atoms with Gasteiger partial charge in [-0.05, 0) is 48.9 Å². The summed E-state index contributed by atoms with van der Waals surface area (Å²) in [5.41, 5.74) is 1.25. The molecule has 0 atom stereocenters. The minimum Gasteiger partial charge on any atom is -0.352 e. The smallest absolute Gasteiger partial charge is 0.251 e. The SMILES string of the molecule is O=C(NCCc1cccs1)c1cccc(NC(=O)C2CC2)c1. The Labute approximate surface area is 133 Å². The second kappa shape index (κ2) is 6.75. The maximum atomic E-state index is 12.1. The number of carbonyl (C=O) groups excluding carboxylic acids is 2. The molecule has 3 rings (SSSR count). The van der Waals surface area contributed by atoms with Crippen molar-refractivity contribution in [3.63, 3.8) is 0 Å². The van der Waals surface area contributed by atoms with Gasteiger partial charge in [0.25, 0.3) is 5.91 Å². The molecule has 1 aliphatic carbocycles. The zero-order chi connectivity index (χ0) is 15.4. The van der Waals surface area contributed by atoms with Crippen LogP contribution in [0.5, 0.6) is 0 Å². The van der Waals surface area contributed by atoms with Gasteiger partial charge in [-0.25, -0.2) is 0 Å². The molecule has 2 amide bonds. The lowest BCUT2D eigenvalue weighted by atomic mass is 10.2. The van der Waals surface area contributed by atoms with E-state index < -0.39 is 0 Å². The van der Waals surface area contributed by atoms with Gasteiger partial charge < -0.3 is 10.6 Å². The molecule has 0 unspecified atom stereocenters. The van der Waals surface area contributed by atoms with Gasteiger partial charge in [-0.2, -0.15) is 0 Å². The first-order valence-corrected chi connectivity index (χ1v) is 8.32. The fourth-order valence-corrected chi connectivity index (χ4v) is 2.89. The molecule has 0 radical (unpaired) electrons. The standard InChI is InChI=1S/C17H18N2O2S/c20-16(18-9-8-15-5-2-10-22-15)13-3-1-4-14(11-13)19-17(21)12-6-7-12/h1-5,10-12H,6-9H2,(H,18,20)(H,19,21). The summed E-state index contributed by atoms with van der Waals surface area (Å²) >= 11 is 1.69. The highest BCUT2D eigenvalue weighted by Gasteiger charge is 2.29. The summed E-state index contributed by atoms with van der Waals surface area (Å²) in [6.45, 7) is 0.609. The van der Waals surface area contributed by atoms with E-state index in [4.69, 9.17) is 0 Å². The Kier molecular flexibility index (Phi) is 4.53. The van der Waals surface area contributed by atoms with Crippen LogP contribution < -0.4 is 10.6 Å². The molecule has 5 heteroatoms. The number of nitrogens with one attached hydrogen (secondary N) is 2. The third-order valence-electron chi connectivity index (χ3n) is 3.58. The number of rotatable bonds is 6. The molecule has 1 aromatic heterocycles. The molecule has 1 fully saturated rings. The first-order chi connectivity index (χ1) is 10.7. The van der Waals surface area contributed by atoms with Gasteiger partial charge in [-0.3, -0.25) is 9.59 Å². The fraction of sp³-hybridized carbons (Fsp3) is 0.294. The van der Waals surface area contributed by atoms with E-state index in [0.717, 1.165) is 19.3 Å². The van der Waals surface area contributed by atoms with Gasteiger partial charge in [0.1, 0.15) is 0 Å². The fourth-order valence-electron chi connectivity index (χ4n) is 2.18. The average Bonchev–Trinajstić information content (AvgIpc) is 3.25. The third kappa shape index (κ3) is 3.95. The van der Waals surface area contributed by atoms with Crippen LogP contribution in [-0.2, 0) is 11.2 Å². The Morgan fingerprint density at radius 3 is 2.77 bits per heavy atom. The average molecular weight is 314 g/mol. The zero-order valence-corrected chi connectivity index (χ0v) is 13.0. The number of thiophene rings is 1. The third-order valence-corrected chi connectivity index (χ3v) is 4.51. The molecular weight excluding hydrogens is 296 g/mol. The Hall–Kier alpha value is -2.14. The number of hydrogen-bond donors (Lipinski definition) is 2. The normalized spacial score (nSPS) is 13.6. The molecule has 1 aromatic carbocycles. The van der Waals surface area contributed by atoms with E-state index >= 15 is 0 Å². The molecule has 0 saturated heterocycles. The van der Waals surface area contributed by atoms with Crippen molar-refractivity contribution in [3.05, 3.63) is 52.2 Å². The predicted molar refractivity (Wildman–Crippen MR) is 88.2 cm³/mol. The van der Waals surface area contributed by atoms with E-state index in [-0.39, 0.29) is 17.7 Å². The summed E-state index contributed by atoms with van der Waals surface area (Å²) in [5.74, 6) is 0.0950. The maximum Gasteiger partial charge on any atom is 0.251 e. The van der Waals surface area contributed by atoms with E-state index in [9.17, 15) is 9.59 Å². The van der Waals surface area contributed by atoms with Crippen LogP contribution in [-0.4, -0.2) is 18.4 Å². The van der Waals surface area contributed by atoms with Gasteiger partial charge in [0.05, 0.1) is 0 Å². The molecule has 4 nitrogen and oxygen atoms in total. The predicted octanol–water partition coefficient (Wildman–Crippen LogP) is 3.07. The summed E-state index contributed by atoms with van der Waals surface area (Å²) in [6.07, 6.45) is 2.77. The van der Waals surface area contributed by atoms with Crippen LogP contribution in [0.1, 0.15) is 28.1 Å². The maximum absolute atomic E-state index is 12.1. The van der Waals surface area contributed by atoms with Crippen LogP contribution in [0.25, 0.3) is 0 Å². The molecule has 1 heterocycles. The first kappa shape index (κ1) is 14.8. The monoisotopic (exact) mass is 314 g/mol. The van der Waals surface area contributed by atoms with Crippen molar-refractivity contribution in [2.75, 3.05) is 11.9 Å². The molecule has 2 N–H and O–H groups in total. The lowest BCUT2D eigenvalue weighted by molar-refractivity contribution is -0.117. The van der Waals surface area contributed by atoms with Gasteiger partial charge in [0, 0.05) is 28.6 Å². The summed E-state index contributed by atoms with van der Waals surface area (Å²) in [6, 6.07) is 11.1.